The predicted octanol–water partition coefficient (Wildman–Crippen LogP) is 3.01. The van der Waals surface area contributed by atoms with Gasteiger partial charge in [-0.05, 0) is 46.3 Å². The van der Waals surface area contributed by atoms with Gasteiger partial charge in [0.05, 0.1) is 11.6 Å². The fraction of sp³-hybridized carbons (Fsp3) is 0.350. The summed E-state index contributed by atoms with van der Waals surface area (Å²) in [5.74, 6) is 0.661. The van der Waals surface area contributed by atoms with E-state index in [9.17, 15) is 4.79 Å². The summed E-state index contributed by atoms with van der Waals surface area (Å²) in [5, 5.41) is 3.00. The highest BCUT2D eigenvalue weighted by Crippen LogP contribution is 2.25. The van der Waals surface area contributed by atoms with Gasteiger partial charge in [-0.3, -0.25) is 9.69 Å². The fourth-order valence-electron chi connectivity index (χ4n) is 3.11. The Morgan fingerprint density at radius 2 is 1.85 bits per heavy atom. The topological polar surface area (TPSA) is 44.8 Å². The Bertz CT molecular complexity index is 731. The molecule has 0 aromatic heterocycles. The zero-order valence-electron chi connectivity index (χ0n) is 15.0. The number of nitrogens with zero attached hydrogens (tertiary/aromatic N) is 2. The van der Waals surface area contributed by atoms with Crippen molar-refractivity contribution < 1.29 is 9.53 Å². The number of rotatable bonds is 6. The van der Waals surface area contributed by atoms with E-state index in [0.717, 1.165) is 42.9 Å². The van der Waals surface area contributed by atoms with Gasteiger partial charge in [-0.2, -0.15) is 0 Å². The summed E-state index contributed by atoms with van der Waals surface area (Å²) in [6, 6.07) is 15.9. The van der Waals surface area contributed by atoms with E-state index in [1.54, 1.807) is 25.3 Å². The summed E-state index contributed by atoms with van der Waals surface area (Å²) in [4.78, 5) is 17.1. The molecule has 0 saturated carbocycles. The Kier molecular flexibility index (Phi) is 6.52. The third-order valence-corrected chi connectivity index (χ3v) is 5.24. The van der Waals surface area contributed by atoms with Gasteiger partial charge in [-0.1, -0.05) is 18.2 Å². The largest absolute Gasteiger partial charge is 0.496 e. The van der Waals surface area contributed by atoms with Crippen molar-refractivity contribution in [3.8, 4) is 5.75 Å². The monoisotopic (exact) mass is 417 g/mol. The van der Waals surface area contributed by atoms with Gasteiger partial charge in [0, 0.05) is 50.5 Å². The van der Waals surface area contributed by atoms with E-state index in [-0.39, 0.29) is 5.91 Å². The lowest BCUT2D eigenvalue weighted by molar-refractivity contribution is 0.0947. The zero-order valence-corrected chi connectivity index (χ0v) is 16.5. The van der Waals surface area contributed by atoms with Crippen LogP contribution in [-0.4, -0.2) is 57.2 Å². The van der Waals surface area contributed by atoms with Crippen molar-refractivity contribution in [2.75, 3.05) is 51.3 Å². The van der Waals surface area contributed by atoms with Crippen molar-refractivity contribution >= 4 is 27.5 Å². The smallest absolute Gasteiger partial charge is 0.251 e. The Balaban J connectivity index is 1.41. The lowest BCUT2D eigenvalue weighted by Crippen LogP contribution is -2.48. The summed E-state index contributed by atoms with van der Waals surface area (Å²) >= 11 is 3.41. The van der Waals surface area contributed by atoms with Crippen LogP contribution >= 0.6 is 15.9 Å². The number of benzene rings is 2. The predicted molar refractivity (Wildman–Crippen MR) is 108 cm³/mol. The lowest BCUT2D eigenvalue weighted by Gasteiger charge is -2.36. The van der Waals surface area contributed by atoms with Crippen molar-refractivity contribution in [1.29, 1.82) is 0 Å². The summed E-state index contributed by atoms with van der Waals surface area (Å²) in [7, 11) is 1.61. The minimum absolute atomic E-state index is 0.0590. The molecule has 0 aliphatic carbocycles. The zero-order chi connectivity index (χ0) is 18.4. The number of carbonyl (C=O) groups excluding carboxylic acids is 1. The third-order valence-electron chi connectivity index (χ3n) is 4.62. The molecule has 0 unspecified atom stereocenters. The van der Waals surface area contributed by atoms with Gasteiger partial charge in [0.15, 0.2) is 0 Å². The number of carbonyl (C=O) groups is 1. The van der Waals surface area contributed by atoms with E-state index in [0.29, 0.717) is 12.1 Å². The second kappa shape index (κ2) is 9.05. The fourth-order valence-corrected chi connectivity index (χ4v) is 3.65. The molecule has 1 fully saturated rings. The van der Waals surface area contributed by atoms with Crippen LogP contribution in [0.15, 0.2) is 53.0 Å². The molecule has 2 aromatic carbocycles. The van der Waals surface area contributed by atoms with Gasteiger partial charge in [-0.15, -0.1) is 0 Å². The quantitative estimate of drug-likeness (QED) is 0.784. The number of ether oxygens (including phenoxy) is 1. The molecule has 0 atom stereocenters. The van der Waals surface area contributed by atoms with Gasteiger partial charge >= 0.3 is 0 Å². The van der Waals surface area contributed by atoms with Crippen LogP contribution in [0.4, 0.5) is 5.69 Å². The Morgan fingerprint density at radius 1 is 1.12 bits per heavy atom. The number of para-hydroxylation sites is 1. The van der Waals surface area contributed by atoms with Crippen molar-refractivity contribution in [2.45, 2.75) is 0 Å². The van der Waals surface area contributed by atoms with Crippen LogP contribution in [0.1, 0.15) is 10.4 Å². The minimum atomic E-state index is -0.0590. The second-order valence-electron chi connectivity index (χ2n) is 6.27. The SMILES string of the molecule is COc1ccc(C(=O)NCCN2CCN(c3ccccc3)CC2)cc1Br. The van der Waals surface area contributed by atoms with E-state index >= 15 is 0 Å². The van der Waals surface area contributed by atoms with Crippen molar-refractivity contribution in [1.82, 2.24) is 10.2 Å². The number of nitrogens with one attached hydrogen (secondary N) is 1. The molecule has 1 aliphatic rings. The summed E-state index contributed by atoms with van der Waals surface area (Å²) in [6.45, 7) is 5.57. The molecule has 1 aliphatic heterocycles. The third kappa shape index (κ3) is 4.77. The maximum absolute atomic E-state index is 12.3. The van der Waals surface area contributed by atoms with Crippen LogP contribution in [0.3, 0.4) is 0 Å². The molecule has 6 heteroatoms. The highest BCUT2D eigenvalue weighted by Gasteiger charge is 2.17. The molecule has 1 amide bonds. The molecule has 138 valence electrons. The van der Waals surface area contributed by atoms with Crippen LogP contribution in [0.2, 0.25) is 0 Å². The van der Waals surface area contributed by atoms with Gasteiger partial charge in [0.2, 0.25) is 0 Å². The first-order valence-corrected chi connectivity index (χ1v) is 9.61. The molecule has 0 radical (unpaired) electrons. The molecule has 1 saturated heterocycles. The van der Waals surface area contributed by atoms with Gasteiger partial charge in [-0.25, -0.2) is 0 Å². The average molecular weight is 418 g/mol. The van der Waals surface area contributed by atoms with Gasteiger partial charge < -0.3 is 15.0 Å². The van der Waals surface area contributed by atoms with Crippen LogP contribution in [0.5, 0.6) is 5.75 Å². The molecule has 0 bridgehead atoms. The Morgan fingerprint density at radius 3 is 2.50 bits per heavy atom. The molecule has 26 heavy (non-hydrogen) atoms. The van der Waals surface area contributed by atoms with E-state index in [1.165, 1.54) is 5.69 Å². The maximum atomic E-state index is 12.3. The summed E-state index contributed by atoms with van der Waals surface area (Å²) in [6.07, 6.45) is 0. The normalized spacial score (nSPS) is 14.9. The summed E-state index contributed by atoms with van der Waals surface area (Å²) in [5.41, 5.74) is 1.91. The standard InChI is InChI=1S/C20H24BrN3O2/c1-26-19-8-7-16(15-18(19)21)20(25)22-9-10-23-11-13-24(14-12-23)17-5-3-2-4-6-17/h2-8,15H,9-14H2,1H3,(H,22,25). The molecule has 5 nitrogen and oxygen atoms in total. The molecule has 0 spiro atoms. The first kappa shape index (κ1) is 18.7. The number of anilines is 1. The molecular formula is C20H24BrN3O2. The lowest BCUT2D eigenvalue weighted by atomic mass is 10.2. The number of hydrogen-bond acceptors (Lipinski definition) is 4. The van der Waals surface area contributed by atoms with Crippen LogP contribution in [0, 0.1) is 0 Å². The number of amides is 1. The van der Waals surface area contributed by atoms with Crippen molar-refractivity contribution in [2.24, 2.45) is 0 Å². The van der Waals surface area contributed by atoms with Crippen LogP contribution in [-0.2, 0) is 0 Å². The van der Waals surface area contributed by atoms with Crippen molar-refractivity contribution in [3.63, 3.8) is 0 Å². The average Bonchev–Trinajstić information content (AvgIpc) is 2.69. The highest BCUT2D eigenvalue weighted by molar-refractivity contribution is 9.10. The van der Waals surface area contributed by atoms with Gasteiger partial charge in [0.1, 0.15) is 5.75 Å². The molecule has 1 heterocycles. The van der Waals surface area contributed by atoms with Crippen LogP contribution < -0.4 is 15.0 Å². The van der Waals surface area contributed by atoms with Crippen molar-refractivity contribution in [3.05, 3.63) is 58.6 Å². The molecule has 2 aromatic rings. The number of methoxy groups -OCH3 is 1. The Hall–Kier alpha value is -2.05. The number of hydrogen-bond donors (Lipinski definition) is 1. The highest BCUT2D eigenvalue weighted by atomic mass is 79.9. The van der Waals surface area contributed by atoms with Crippen LogP contribution in [0.25, 0.3) is 0 Å². The van der Waals surface area contributed by atoms with E-state index in [4.69, 9.17) is 4.74 Å². The number of halogens is 1. The molecular weight excluding hydrogens is 394 g/mol. The summed E-state index contributed by atoms with van der Waals surface area (Å²) < 4.78 is 5.97. The Labute approximate surface area is 163 Å². The van der Waals surface area contributed by atoms with E-state index < -0.39 is 0 Å². The van der Waals surface area contributed by atoms with Gasteiger partial charge in [0.25, 0.3) is 5.91 Å². The molecule has 1 N–H and O–H groups in total. The first-order valence-electron chi connectivity index (χ1n) is 8.81. The first-order chi connectivity index (χ1) is 12.7. The minimum Gasteiger partial charge on any atom is -0.496 e. The molecule has 3 rings (SSSR count). The maximum Gasteiger partial charge on any atom is 0.251 e. The second-order valence-corrected chi connectivity index (χ2v) is 7.12. The number of piperazine rings is 1. The van der Waals surface area contributed by atoms with E-state index in [1.807, 2.05) is 6.07 Å². The van der Waals surface area contributed by atoms with E-state index in [2.05, 4.69) is 55.3 Å².